The third kappa shape index (κ3) is 8.47. The van der Waals surface area contributed by atoms with E-state index in [-0.39, 0.29) is 24.8 Å². The summed E-state index contributed by atoms with van der Waals surface area (Å²) < 4.78 is 10.9. The Morgan fingerprint density at radius 2 is 2.00 bits per heavy atom. The lowest BCUT2D eigenvalue weighted by Crippen LogP contribution is -2.58. The maximum absolute atomic E-state index is 12.8. The van der Waals surface area contributed by atoms with Crippen LogP contribution in [-0.4, -0.2) is 61.6 Å². The van der Waals surface area contributed by atoms with Gasteiger partial charge in [-0.25, -0.2) is 0 Å². The highest BCUT2D eigenvalue weighted by Gasteiger charge is 2.34. The number of ether oxygens (including phenoxy) is 2. The molecule has 31 heavy (non-hydrogen) atoms. The van der Waals surface area contributed by atoms with Crippen molar-refractivity contribution in [3.63, 3.8) is 0 Å². The van der Waals surface area contributed by atoms with E-state index in [1.54, 1.807) is 0 Å². The summed E-state index contributed by atoms with van der Waals surface area (Å²) in [4.78, 5) is 38.5. The van der Waals surface area contributed by atoms with Gasteiger partial charge < -0.3 is 25.0 Å². The first-order valence-electron chi connectivity index (χ1n) is 11.2. The summed E-state index contributed by atoms with van der Waals surface area (Å²) in [6.45, 7) is 5.79. The zero-order chi connectivity index (χ0) is 22.5. The monoisotopic (exact) mass is 433 g/mol. The summed E-state index contributed by atoms with van der Waals surface area (Å²) in [5.74, 6) is -0.290. The van der Waals surface area contributed by atoms with Crippen LogP contribution in [0, 0.1) is 0 Å². The molecule has 8 heteroatoms. The molecule has 1 aliphatic rings. The number of hydrogen-bond acceptors (Lipinski definition) is 6. The van der Waals surface area contributed by atoms with E-state index in [0.717, 1.165) is 24.3 Å². The second-order valence-corrected chi connectivity index (χ2v) is 7.61. The zero-order valence-electron chi connectivity index (χ0n) is 18.7. The van der Waals surface area contributed by atoms with Crippen LogP contribution in [0.15, 0.2) is 24.3 Å². The molecule has 1 aliphatic heterocycles. The number of esters is 1. The quantitative estimate of drug-likeness (QED) is 0.367. The smallest absolute Gasteiger partial charge is 0.308 e. The van der Waals surface area contributed by atoms with Crippen molar-refractivity contribution in [2.24, 2.45) is 0 Å². The lowest BCUT2D eigenvalue weighted by atomic mass is 10.1. The molecule has 0 bridgehead atoms. The number of anilines is 1. The van der Waals surface area contributed by atoms with Crippen LogP contribution in [0.3, 0.4) is 0 Å². The van der Waals surface area contributed by atoms with Crippen LogP contribution in [0.5, 0.6) is 5.75 Å². The van der Waals surface area contributed by atoms with E-state index in [9.17, 15) is 14.4 Å². The Hall–Kier alpha value is -2.77. The third-order valence-electron chi connectivity index (χ3n) is 5.02. The molecule has 172 valence electrons. The van der Waals surface area contributed by atoms with Gasteiger partial charge in [-0.3, -0.25) is 14.4 Å². The first-order chi connectivity index (χ1) is 15.0. The molecule has 1 saturated heterocycles. The van der Waals surface area contributed by atoms with Crippen molar-refractivity contribution in [3.05, 3.63) is 24.3 Å². The molecule has 1 heterocycles. The molecule has 2 rings (SSSR count). The summed E-state index contributed by atoms with van der Waals surface area (Å²) in [7, 11) is 0. The van der Waals surface area contributed by atoms with Gasteiger partial charge >= 0.3 is 5.97 Å². The van der Waals surface area contributed by atoms with Crippen LogP contribution in [0.4, 0.5) is 5.69 Å². The van der Waals surface area contributed by atoms with Gasteiger partial charge in [0.15, 0.2) is 0 Å². The topological polar surface area (TPSA) is 97.0 Å². The first kappa shape index (κ1) is 24.5. The number of amides is 2. The van der Waals surface area contributed by atoms with E-state index in [1.165, 1.54) is 17.7 Å². The van der Waals surface area contributed by atoms with Crippen LogP contribution >= 0.6 is 0 Å². The number of nitrogens with zero attached hydrogens (tertiary/aromatic N) is 1. The maximum atomic E-state index is 12.8. The summed E-state index contributed by atoms with van der Waals surface area (Å²) in [6, 6.07) is 6.63. The summed E-state index contributed by atoms with van der Waals surface area (Å²) in [5.41, 5.74) is 0.764. The van der Waals surface area contributed by atoms with Crippen LogP contribution < -0.4 is 15.4 Å². The molecule has 1 fully saturated rings. The number of rotatable bonds is 13. The fourth-order valence-electron chi connectivity index (χ4n) is 3.34. The highest BCUT2D eigenvalue weighted by Crippen LogP contribution is 2.18. The maximum Gasteiger partial charge on any atom is 0.308 e. The van der Waals surface area contributed by atoms with Crippen LogP contribution in [0.1, 0.15) is 52.4 Å². The fraction of sp³-hybridized carbons (Fsp3) is 0.609. The van der Waals surface area contributed by atoms with E-state index < -0.39 is 12.0 Å². The average molecular weight is 434 g/mol. The van der Waals surface area contributed by atoms with Gasteiger partial charge in [0.1, 0.15) is 11.8 Å². The number of unbranched alkanes of at least 4 members (excludes halogenated alkanes) is 3. The first-order valence-corrected chi connectivity index (χ1v) is 11.2. The SMILES string of the molecule is CCCCCCOc1cccc(NCC(=O)N2CCNC(=O)C2CC(=O)OCCC)c1. The Bertz CT molecular complexity index is 725. The lowest BCUT2D eigenvalue weighted by molar-refractivity contribution is -0.151. The molecule has 8 nitrogen and oxygen atoms in total. The highest BCUT2D eigenvalue weighted by molar-refractivity contribution is 5.93. The van der Waals surface area contributed by atoms with Crippen molar-refractivity contribution in [3.8, 4) is 5.75 Å². The predicted octanol–water partition coefficient (Wildman–Crippen LogP) is 2.73. The third-order valence-corrected chi connectivity index (χ3v) is 5.02. The van der Waals surface area contributed by atoms with Crippen molar-refractivity contribution < 1.29 is 23.9 Å². The van der Waals surface area contributed by atoms with Crippen molar-refractivity contribution in [1.82, 2.24) is 10.2 Å². The summed E-state index contributed by atoms with van der Waals surface area (Å²) in [5, 5.41) is 5.81. The molecule has 1 unspecified atom stereocenters. The van der Waals surface area contributed by atoms with Gasteiger partial charge in [-0.2, -0.15) is 0 Å². The lowest BCUT2D eigenvalue weighted by Gasteiger charge is -2.34. The molecule has 1 aromatic rings. The number of nitrogens with one attached hydrogen (secondary N) is 2. The second kappa shape index (κ2) is 13.5. The van der Waals surface area contributed by atoms with E-state index >= 15 is 0 Å². The Morgan fingerprint density at radius 3 is 2.77 bits per heavy atom. The van der Waals surface area contributed by atoms with Gasteiger partial charge in [0, 0.05) is 24.8 Å². The van der Waals surface area contributed by atoms with Crippen molar-refractivity contribution >= 4 is 23.5 Å². The van der Waals surface area contributed by atoms with Crippen molar-refractivity contribution in [1.29, 1.82) is 0 Å². The van der Waals surface area contributed by atoms with Gasteiger partial charge in [0.2, 0.25) is 11.8 Å². The number of benzene rings is 1. The number of carbonyl (C=O) groups excluding carboxylic acids is 3. The molecule has 1 aromatic carbocycles. The van der Waals surface area contributed by atoms with Gasteiger partial charge in [0.25, 0.3) is 0 Å². The van der Waals surface area contributed by atoms with E-state index in [2.05, 4.69) is 17.6 Å². The van der Waals surface area contributed by atoms with Crippen LogP contribution in [0.25, 0.3) is 0 Å². The number of hydrogen-bond donors (Lipinski definition) is 2. The number of piperazine rings is 1. The minimum absolute atomic E-state index is 0.0216. The average Bonchev–Trinajstić information content (AvgIpc) is 2.77. The van der Waals surface area contributed by atoms with Crippen LogP contribution in [0.2, 0.25) is 0 Å². The summed E-state index contributed by atoms with van der Waals surface area (Å²) >= 11 is 0. The molecule has 0 saturated carbocycles. The van der Waals surface area contributed by atoms with Crippen molar-refractivity contribution in [2.45, 2.75) is 58.4 Å². The minimum atomic E-state index is -0.842. The van der Waals surface area contributed by atoms with E-state index in [0.29, 0.717) is 32.7 Å². The standard InChI is InChI=1S/C23H35N3O5/c1-3-5-6-7-14-30-19-10-8-9-18(15-19)25-17-21(27)26-12-11-24-23(29)20(26)16-22(28)31-13-4-2/h8-10,15,20,25H,3-7,11-14,16-17H2,1-2H3,(H,24,29). The minimum Gasteiger partial charge on any atom is -0.494 e. The molecule has 1 atom stereocenters. The Balaban J connectivity index is 1.87. The summed E-state index contributed by atoms with van der Waals surface area (Å²) in [6.07, 6.45) is 5.13. The zero-order valence-corrected chi connectivity index (χ0v) is 18.7. The largest absolute Gasteiger partial charge is 0.494 e. The Morgan fingerprint density at radius 1 is 1.16 bits per heavy atom. The molecule has 0 radical (unpaired) electrons. The Labute approximate surface area is 184 Å². The molecule has 0 spiro atoms. The number of carbonyl (C=O) groups is 3. The van der Waals surface area contributed by atoms with Gasteiger partial charge in [-0.05, 0) is 25.0 Å². The predicted molar refractivity (Wildman–Crippen MR) is 119 cm³/mol. The molecular formula is C23H35N3O5. The second-order valence-electron chi connectivity index (χ2n) is 7.61. The normalized spacial score (nSPS) is 15.9. The molecule has 0 aliphatic carbocycles. The molecule has 0 aromatic heterocycles. The van der Waals surface area contributed by atoms with E-state index in [4.69, 9.17) is 9.47 Å². The molecule has 2 N–H and O–H groups in total. The van der Waals surface area contributed by atoms with Gasteiger partial charge in [0.05, 0.1) is 26.2 Å². The Kier molecular flexibility index (Phi) is 10.7. The van der Waals surface area contributed by atoms with Gasteiger partial charge in [-0.1, -0.05) is 39.2 Å². The molecular weight excluding hydrogens is 398 g/mol. The van der Waals surface area contributed by atoms with Gasteiger partial charge in [-0.15, -0.1) is 0 Å². The highest BCUT2D eigenvalue weighted by atomic mass is 16.5. The fourth-order valence-corrected chi connectivity index (χ4v) is 3.34. The van der Waals surface area contributed by atoms with Crippen LogP contribution in [-0.2, 0) is 19.1 Å². The molecule has 2 amide bonds. The van der Waals surface area contributed by atoms with Crippen molar-refractivity contribution in [2.75, 3.05) is 38.2 Å². The van der Waals surface area contributed by atoms with E-state index in [1.807, 2.05) is 31.2 Å².